The second kappa shape index (κ2) is 7.48. The van der Waals surface area contributed by atoms with E-state index in [9.17, 15) is 4.79 Å². The van der Waals surface area contributed by atoms with Gasteiger partial charge in [0.2, 0.25) is 0 Å². The van der Waals surface area contributed by atoms with Crippen LogP contribution in [0.5, 0.6) is 0 Å². The predicted octanol–water partition coefficient (Wildman–Crippen LogP) is 5.00. The van der Waals surface area contributed by atoms with Crippen molar-refractivity contribution in [3.63, 3.8) is 0 Å². The van der Waals surface area contributed by atoms with Gasteiger partial charge in [-0.15, -0.1) is 0 Å². The fourth-order valence-electron chi connectivity index (χ4n) is 2.88. The first-order chi connectivity index (χ1) is 10.5. The molecule has 0 heterocycles. The average molecular weight is 300 g/mol. The first-order valence-electron chi connectivity index (χ1n) is 8.29. The van der Waals surface area contributed by atoms with Crippen LogP contribution in [0.15, 0.2) is 35.9 Å². The molecule has 1 aliphatic carbocycles. The normalized spacial score (nSPS) is 15.1. The van der Waals surface area contributed by atoms with Crippen molar-refractivity contribution >= 4 is 11.7 Å². The highest BCUT2D eigenvalue weighted by Gasteiger charge is 2.18. The second-order valence-corrected chi connectivity index (χ2v) is 7.03. The quantitative estimate of drug-likeness (QED) is 0.755. The number of carbonyl (C=O) groups excluding carboxylic acids is 1. The van der Waals surface area contributed by atoms with E-state index in [-0.39, 0.29) is 11.4 Å². The molecule has 0 fully saturated rings. The van der Waals surface area contributed by atoms with Crippen molar-refractivity contribution in [2.75, 3.05) is 11.9 Å². The third kappa shape index (κ3) is 4.90. The molecule has 1 aromatic carbocycles. The molecule has 0 unspecified atom stereocenters. The summed E-state index contributed by atoms with van der Waals surface area (Å²) in [7, 11) is 0. The Bertz CT molecular complexity index is 541. The lowest BCUT2D eigenvalue weighted by Gasteiger charge is -2.23. The fourth-order valence-corrected chi connectivity index (χ4v) is 2.88. The summed E-state index contributed by atoms with van der Waals surface area (Å²) in [6.07, 6.45) is 8.28. The first-order valence-corrected chi connectivity index (χ1v) is 8.29. The minimum absolute atomic E-state index is 0.0107. The molecule has 1 aromatic rings. The number of allylic oxidation sites excluding steroid dienone is 1. The third-order valence-corrected chi connectivity index (χ3v) is 4.10. The highest BCUT2D eigenvalue weighted by molar-refractivity contribution is 5.90. The summed E-state index contributed by atoms with van der Waals surface area (Å²) in [6.45, 7) is 7.16. The molecular weight excluding hydrogens is 272 g/mol. The van der Waals surface area contributed by atoms with Crippen molar-refractivity contribution in [2.24, 2.45) is 0 Å². The smallest absolute Gasteiger partial charge is 0.319 e. The summed E-state index contributed by atoms with van der Waals surface area (Å²) in [5.41, 5.74) is 3.54. The average Bonchev–Trinajstić information content (AvgIpc) is 2.48. The SMILES string of the molecule is CC(C)(C)c1ccccc1NC(=O)NCCC1=CCCCC1. The molecule has 2 amide bonds. The Kier molecular flexibility index (Phi) is 5.64. The number of amides is 2. The van der Waals surface area contributed by atoms with Gasteiger partial charge in [0.25, 0.3) is 0 Å². The van der Waals surface area contributed by atoms with Crippen LogP contribution >= 0.6 is 0 Å². The summed E-state index contributed by atoms with van der Waals surface area (Å²) in [5.74, 6) is 0. The molecule has 0 bridgehead atoms. The van der Waals surface area contributed by atoms with Gasteiger partial charge in [-0.2, -0.15) is 0 Å². The van der Waals surface area contributed by atoms with Gasteiger partial charge in [-0.05, 0) is 49.1 Å². The van der Waals surface area contributed by atoms with Crippen molar-refractivity contribution < 1.29 is 4.79 Å². The summed E-state index contributed by atoms with van der Waals surface area (Å²) in [5, 5.41) is 5.95. The van der Waals surface area contributed by atoms with E-state index in [1.165, 1.54) is 31.3 Å². The van der Waals surface area contributed by atoms with E-state index in [4.69, 9.17) is 0 Å². The van der Waals surface area contributed by atoms with Gasteiger partial charge in [0.05, 0.1) is 0 Å². The maximum absolute atomic E-state index is 12.1. The van der Waals surface area contributed by atoms with E-state index < -0.39 is 0 Å². The largest absolute Gasteiger partial charge is 0.338 e. The Balaban J connectivity index is 1.86. The number of rotatable bonds is 4. The van der Waals surface area contributed by atoms with E-state index in [0.29, 0.717) is 6.54 Å². The van der Waals surface area contributed by atoms with Crippen molar-refractivity contribution in [1.29, 1.82) is 0 Å². The second-order valence-electron chi connectivity index (χ2n) is 7.03. The van der Waals surface area contributed by atoms with Crippen LogP contribution in [0, 0.1) is 0 Å². The van der Waals surface area contributed by atoms with Crippen molar-refractivity contribution in [3.05, 3.63) is 41.5 Å². The molecule has 0 spiro atoms. The van der Waals surface area contributed by atoms with Gasteiger partial charge in [0, 0.05) is 12.2 Å². The van der Waals surface area contributed by atoms with Crippen LogP contribution in [0.4, 0.5) is 10.5 Å². The van der Waals surface area contributed by atoms with Crippen molar-refractivity contribution in [3.8, 4) is 0 Å². The van der Waals surface area contributed by atoms with Crippen molar-refractivity contribution in [2.45, 2.75) is 58.3 Å². The lowest BCUT2D eigenvalue weighted by atomic mass is 9.86. The molecule has 3 nitrogen and oxygen atoms in total. The number of benzene rings is 1. The van der Waals surface area contributed by atoms with E-state index in [0.717, 1.165) is 17.7 Å². The van der Waals surface area contributed by atoms with Gasteiger partial charge < -0.3 is 10.6 Å². The molecule has 0 aliphatic heterocycles. The van der Waals surface area contributed by atoms with Crippen LogP contribution in [0.1, 0.15) is 58.4 Å². The van der Waals surface area contributed by atoms with Crippen LogP contribution in [0.3, 0.4) is 0 Å². The molecule has 0 atom stereocenters. The zero-order chi connectivity index (χ0) is 16.0. The molecular formula is C19H28N2O. The minimum atomic E-state index is -0.117. The molecule has 3 heteroatoms. The molecule has 22 heavy (non-hydrogen) atoms. The van der Waals surface area contributed by atoms with Gasteiger partial charge in [-0.3, -0.25) is 0 Å². The van der Waals surface area contributed by atoms with Gasteiger partial charge in [-0.25, -0.2) is 4.79 Å². The maximum Gasteiger partial charge on any atom is 0.319 e. The minimum Gasteiger partial charge on any atom is -0.338 e. The van der Waals surface area contributed by atoms with E-state index in [2.05, 4.69) is 43.5 Å². The lowest BCUT2D eigenvalue weighted by molar-refractivity contribution is 0.252. The Morgan fingerprint density at radius 3 is 2.64 bits per heavy atom. The number of hydrogen-bond donors (Lipinski definition) is 2. The number of hydrogen-bond acceptors (Lipinski definition) is 1. The fraction of sp³-hybridized carbons (Fsp3) is 0.526. The molecule has 120 valence electrons. The molecule has 0 saturated carbocycles. The van der Waals surface area contributed by atoms with Crippen LogP contribution in [-0.4, -0.2) is 12.6 Å². The van der Waals surface area contributed by atoms with E-state index in [1.54, 1.807) is 0 Å². The molecule has 2 rings (SSSR count). The first kappa shape index (κ1) is 16.6. The van der Waals surface area contributed by atoms with Gasteiger partial charge >= 0.3 is 6.03 Å². The zero-order valence-electron chi connectivity index (χ0n) is 14.0. The zero-order valence-corrected chi connectivity index (χ0v) is 14.0. The maximum atomic E-state index is 12.1. The van der Waals surface area contributed by atoms with Crippen LogP contribution < -0.4 is 10.6 Å². The van der Waals surface area contributed by atoms with Crippen molar-refractivity contribution in [1.82, 2.24) is 5.32 Å². The van der Waals surface area contributed by atoms with Crippen LogP contribution in [-0.2, 0) is 5.41 Å². The van der Waals surface area contributed by atoms with Gasteiger partial charge in [-0.1, -0.05) is 50.6 Å². The van der Waals surface area contributed by atoms with Crippen LogP contribution in [0.2, 0.25) is 0 Å². The molecule has 2 N–H and O–H groups in total. The lowest BCUT2D eigenvalue weighted by Crippen LogP contribution is -2.31. The Labute approximate surface area is 134 Å². The number of carbonyl (C=O) groups is 1. The molecule has 0 aromatic heterocycles. The number of anilines is 1. The Hall–Kier alpha value is -1.77. The summed E-state index contributed by atoms with van der Waals surface area (Å²) in [6, 6.07) is 7.89. The van der Waals surface area contributed by atoms with E-state index >= 15 is 0 Å². The number of urea groups is 1. The molecule has 1 aliphatic rings. The Morgan fingerprint density at radius 1 is 1.18 bits per heavy atom. The summed E-state index contributed by atoms with van der Waals surface area (Å²) >= 11 is 0. The van der Waals surface area contributed by atoms with E-state index in [1.807, 2.05) is 18.2 Å². The van der Waals surface area contributed by atoms with Gasteiger partial charge in [0.1, 0.15) is 0 Å². The standard InChI is InChI=1S/C19H28N2O/c1-19(2,3)16-11-7-8-12-17(16)21-18(22)20-14-13-15-9-5-4-6-10-15/h7-9,11-12H,4-6,10,13-14H2,1-3H3,(H2,20,21,22). The molecule has 0 radical (unpaired) electrons. The topological polar surface area (TPSA) is 41.1 Å². The summed E-state index contributed by atoms with van der Waals surface area (Å²) < 4.78 is 0. The molecule has 0 saturated heterocycles. The monoisotopic (exact) mass is 300 g/mol. The van der Waals surface area contributed by atoms with Crippen LogP contribution in [0.25, 0.3) is 0 Å². The third-order valence-electron chi connectivity index (χ3n) is 4.10. The van der Waals surface area contributed by atoms with Gasteiger partial charge in [0.15, 0.2) is 0 Å². The summed E-state index contributed by atoms with van der Waals surface area (Å²) in [4.78, 5) is 12.1. The number of nitrogens with one attached hydrogen (secondary N) is 2. The Morgan fingerprint density at radius 2 is 1.95 bits per heavy atom. The predicted molar refractivity (Wildman–Crippen MR) is 93.3 cm³/mol. The highest BCUT2D eigenvalue weighted by atomic mass is 16.2. The highest BCUT2D eigenvalue weighted by Crippen LogP contribution is 2.29. The number of para-hydroxylation sites is 1.